The van der Waals surface area contributed by atoms with Crippen molar-refractivity contribution in [3.8, 4) is 0 Å². The molecule has 6 atom stereocenters. The maximum Gasteiger partial charge on any atom is 0.0834 e. The van der Waals surface area contributed by atoms with E-state index in [9.17, 15) is 15.3 Å². The first kappa shape index (κ1) is 14.7. The van der Waals surface area contributed by atoms with E-state index in [4.69, 9.17) is 14.2 Å². The van der Waals surface area contributed by atoms with Crippen molar-refractivity contribution in [2.45, 2.75) is 62.8 Å². The van der Waals surface area contributed by atoms with Crippen LogP contribution in [0.4, 0.5) is 0 Å². The average Bonchev–Trinajstić information content (AvgIpc) is 3.23. The van der Waals surface area contributed by atoms with Gasteiger partial charge in [-0.05, 0) is 0 Å². The third-order valence-corrected chi connectivity index (χ3v) is 4.82. The van der Waals surface area contributed by atoms with Gasteiger partial charge in [-0.25, -0.2) is 0 Å². The van der Waals surface area contributed by atoms with Gasteiger partial charge in [-0.3, -0.25) is 0 Å². The molecule has 3 aliphatic rings. The van der Waals surface area contributed by atoms with Gasteiger partial charge in [-0.2, -0.15) is 0 Å². The van der Waals surface area contributed by atoms with Crippen LogP contribution in [0.25, 0.3) is 0 Å². The second kappa shape index (κ2) is 5.51. The van der Waals surface area contributed by atoms with Crippen molar-refractivity contribution in [2.24, 2.45) is 5.41 Å². The molecule has 3 N–H and O–H groups in total. The van der Waals surface area contributed by atoms with Gasteiger partial charge in [-0.15, -0.1) is 0 Å². The number of rotatable bonds is 9. The minimum Gasteiger partial charge on any atom is -0.392 e. The predicted molar refractivity (Wildman–Crippen MR) is 69.2 cm³/mol. The Morgan fingerprint density at radius 2 is 1.05 bits per heavy atom. The normalized spacial score (nSPS) is 38.7. The van der Waals surface area contributed by atoms with E-state index in [-0.39, 0.29) is 18.3 Å². The van der Waals surface area contributed by atoms with Crippen LogP contribution in [0.5, 0.6) is 0 Å². The van der Waals surface area contributed by atoms with Crippen LogP contribution in [-0.2, 0) is 14.2 Å². The van der Waals surface area contributed by atoms with Crippen molar-refractivity contribution in [3.05, 3.63) is 0 Å². The van der Waals surface area contributed by atoms with Gasteiger partial charge in [0.15, 0.2) is 0 Å². The SMILES string of the molecule is CC(C(O)CC1CO1)(C(O)CC1CO1)C(O)CC1CO1. The molecule has 116 valence electrons. The van der Waals surface area contributed by atoms with Gasteiger partial charge in [0.05, 0.1) is 56.4 Å². The molecule has 6 nitrogen and oxygen atoms in total. The second-order valence-electron chi connectivity index (χ2n) is 6.49. The van der Waals surface area contributed by atoms with Gasteiger partial charge >= 0.3 is 0 Å². The molecule has 6 unspecified atom stereocenters. The molecule has 0 aromatic rings. The fourth-order valence-electron chi connectivity index (χ4n) is 2.79. The summed E-state index contributed by atoms with van der Waals surface area (Å²) in [5, 5.41) is 31.5. The number of epoxide rings is 3. The summed E-state index contributed by atoms with van der Waals surface area (Å²) in [4.78, 5) is 0. The van der Waals surface area contributed by atoms with E-state index in [1.165, 1.54) is 0 Å². The van der Waals surface area contributed by atoms with E-state index in [1.807, 2.05) is 0 Å². The number of aliphatic hydroxyl groups is 3. The molecule has 0 amide bonds. The Balaban J connectivity index is 1.67. The lowest BCUT2D eigenvalue weighted by molar-refractivity contribution is -0.138. The highest BCUT2D eigenvalue weighted by molar-refractivity contribution is 4.99. The fraction of sp³-hybridized carbons (Fsp3) is 1.00. The van der Waals surface area contributed by atoms with Crippen molar-refractivity contribution in [2.75, 3.05) is 19.8 Å². The summed E-state index contributed by atoms with van der Waals surface area (Å²) in [6.45, 7) is 3.70. The fourth-order valence-corrected chi connectivity index (χ4v) is 2.79. The number of hydrogen-bond donors (Lipinski definition) is 3. The van der Waals surface area contributed by atoms with Gasteiger partial charge < -0.3 is 29.5 Å². The number of hydrogen-bond acceptors (Lipinski definition) is 6. The molecule has 0 bridgehead atoms. The van der Waals surface area contributed by atoms with Crippen molar-refractivity contribution in [1.82, 2.24) is 0 Å². The molecule has 3 heterocycles. The van der Waals surface area contributed by atoms with Crippen LogP contribution in [0, 0.1) is 5.41 Å². The van der Waals surface area contributed by atoms with Crippen LogP contribution in [0.3, 0.4) is 0 Å². The summed E-state index contributed by atoms with van der Waals surface area (Å²) in [5.74, 6) is 0. The Morgan fingerprint density at radius 1 is 0.800 bits per heavy atom. The lowest BCUT2D eigenvalue weighted by Crippen LogP contribution is -2.52. The highest BCUT2D eigenvalue weighted by Crippen LogP contribution is 2.40. The molecule has 0 saturated carbocycles. The summed E-state index contributed by atoms with van der Waals surface area (Å²) in [6.07, 6.45) is -0.924. The summed E-state index contributed by atoms with van der Waals surface area (Å²) < 4.78 is 15.4. The minimum atomic E-state index is -0.982. The number of ether oxygens (including phenoxy) is 3. The lowest BCUT2D eigenvalue weighted by atomic mass is 9.70. The van der Waals surface area contributed by atoms with Gasteiger partial charge in [-0.1, -0.05) is 6.92 Å². The van der Waals surface area contributed by atoms with Crippen LogP contribution in [0.1, 0.15) is 26.2 Å². The molecular weight excluding hydrogens is 264 g/mol. The molecule has 0 radical (unpaired) electrons. The zero-order chi connectivity index (χ0) is 14.3. The second-order valence-corrected chi connectivity index (χ2v) is 6.49. The van der Waals surface area contributed by atoms with E-state index in [2.05, 4.69) is 0 Å². The summed E-state index contributed by atoms with van der Waals surface area (Å²) in [6, 6.07) is 0. The van der Waals surface area contributed by atoms with Gasteiger partial charge in [0.25, 0.3) is 0 Å². The summed E-state index contributed by atoms with van der Waals surface area (Å²) >= 11 is 0. The standard InChI is InChI=1S/C14H24O6/c1-14(11(15)2-8-5-18-8,12(16)3-9-6-19-9)13(17)4-10-7-20-10/h8-13,15-17H,2-7H2,1H3. The Morgan fingerprint density at radius 3 is 1.25 bits per heavy atom. The van der Waals surface area contributed by atoms with Crippen molar-refractivity contribution in [3.63, 3.8) is 0 Å². The van der Waals surface area contributed by atoms with Crippen molar-refractivity contribution < 1.29 is 29.5 Å². The Kier molecular flexibility index (Phi) is 4.05. The molecule has 20 heavy (non-hydrogen) atoms. The molecule has 3 fully saturated rings. The molecule has 6 heteroatoms. The largest absolute Gasteiger partial charge is 0.392 e. The molecular formula is C14H24O6. The van der Waals surface area contributed by atoms with Crippen molar-refractivity contribution in [1.29, 1.82) is 0 Å². The van der Waals surface area contributed by atoms with Crippen LogP contribution >= 0.6 is 0 Å². The molecule has 0 aromatic heterocycles. The predicted octanol–water partition coefficient (Wildman–Crippen LogP) is -0.558. The smallest absolute Gasteiger partial charge is 0.0834 e. The molecule has 0 aliphatic carbocycles. The Hall–Kier alpha value is -0.240. The first-order chi connectivity index (χ1) is 9.50. The first-order valence-electron chi connectivity index (χ1n) is 7.39. The van der Waals surface area contributed by atoms with E-state index < -0.39 is 23.7 Å². The highest BCUT2D eigenvalue weighted by Gasteiger charge is 2.50. The zero-order valence-electron chi connectivity index (χ0n) is 11.8. The monoisotopic (exact) mass is 288 g/mol. The summed E-state index contributed by atoms with van der Waals surface area (Å²) in [7, 11) is 0. The average molecular weight is 288 g/mol. The maximum absolute atomic E-state index is 10.5. The van der Waals surface area contributed by atoms with Crippen LogP contribution in [0.2, 0.25) is 0 Å². The molecule has 3 rings (SSSR count). The zero-order valence-corrected chi connectivity index (χ0v) is 11.8. The van der Waals surface area contributed by atoms with Gasteiger partial charge in [0, 0.05) is 24.7 Å². The molecule has 3 aliphatic heterocycles. The van der Waals surface area contributed by atoms with E-state index in [1.54, 1.807) is 6.92 Å². The van der Waals surface area contributed by atoms with E-state index in [0.717, 1.165) is 0 Å². The van der Waals surface area contributed by atoms with Crippen molar-refractivity contribution >= 4 is 0 Å². The molecule has 0 spiro atoms. The number of aliphatic hydroxyl groups excluding tert-OH is 3. The van der Waals surface area contributed by atoms with Crippen LogP contribution in [0.15, 0.2) is 0 Å². The van der Waals surface area contributed by atoms with Crippen LogP contribution < -0.4 is 0 Å². The minimum absolute atomic E-state index is 0.0538. The first-order valence-corrected chi connectivity index (χ1v) is 7.39. The Labute approximate surface area is 118 Å². The third kappa shape index (κ3) is 3.32. The van der Waals surface area contributed by atoms with E-state index in [0.29, 0.717) is 39.1 Å². The van der Waals surface area contributed by atoms with Gasteiger partial charge in [0.2, 0.25) is 0 Å². The van der Waals surface area contributed by atoms with Crippen LogP contribution in [-0.4, -0.2) is 71.8 Å². The summed E-state index contributed by atoms with van der Waals surface area (Å²) in [5.41, 5.74) is -0.982. The van der Waals surface area contributed by atoms with Gasteiger partial charge in [0.1, 0.15) is 0 Å². The lowest BCUT2D eigenvalue weighted by Gasteiger charge is -2.42. The molecule has 3 saturated heterocycles. The maximum atomic E-state index is 10.5. The third-order valence-electron chi connectivity index (χ3n) is 4.82. The quantitative estimate of drug-likeness (QED) is 0.492. The Bertz CT molecular complexity index is 286. The van der Waals surface area contributed by atoms with E-state index >= 15 is 0 Å². The topological polar surface area (TPSA) is 98.3 Å². The highest BCUT2D eigenvalue weighted by atomic mass is 16.6. The molecule has 0 aromatic carbocycles.